The van der Waals surface area contributed by atoms with Crippen molar-refractivity contribution < 1.29 is 19.8 Å². The Bertz CT molecular complexity index is 457. The molecule has 3 atom stereocenters. The Balaban J connectivity index is 2.35. The smallest absolute Gasteiger partial charge is 0.309 e. The van der Waals surface area contributed by atoms with Crippen molar-refractivity contribution in [2.45, 2.75) is 97.3 Å². The maximum Gasteiger partial charge on any atom is 0.309 e. The molecule has 0 heterocycles. The fourth-order valence-electron chi connectivity index (χ4n) is 4.13. The van der Waals surface area contributed by atoms with E-state index >= 15 is 0 Å². The molecule has 1 aliphatic rings. The molecule has 0 spiro atoms. The van der Waals surface area contributed by atoms with Gasteiger partial charge in [-0.3, -0.25) is 9.59 Å². The highest BCUT2D eigenvalue weighted by atomic mass is 16.4. The Morgan fingerprint density at radius 3 is 2.15 bits per heavy atom. The van der Waals surface area contributed by atoms with Gasteiger partial charge in [-0.15, -0.1) is 0 Å². The Kier molecular flexibility index (Phi) is 10.6. The van der Waals surface area contributed by atoms with Crippen LogP contribution in [0.2, 0.25) is 0 Å². The van der Waals surface area contributed by atoms with E-state index in [0.717, 1.165) is 57.8 Å². The van der Waals surface area contributed by atoms with Gasteiger partial charge in [0.2, 0.25) is 0 Å². The van der Waals surface area contributed by atoms with Gasteiger partial charge in [0.25, 0.3) is 0 Å². The Morgan fingerprint density at radius 2 is 1.54 bits per heavy atom. The highest BCUT2D eigenvalue weighted by Crippen LogP contribution is 2.44. The molecule has 0 amide bonds. The van der Waals surface area contributed by atoms with Crippen molar-refractivity contribution >= 4 is 11.9 Å². The molecule has 0 fully saturated rings. The van der Waals surface area contributed by atoms with Gasteiger partial charge in [0, 0.05) is 6.42 Å². The SMILES string of the molecule is CCCCCC1C=CC(CCCCCCCCC(=O)O)C(C)(C(=O)O)C1. The van der Waals surface area contributed by atoms with Crippen molar-refractivity contribution in [3.05, 3.63) is 12.2 Å². The van der Waals surface area contributed by atoms with Crippen LogP contribution >= 0.6 is 0 Å². The molecule has 0 aliphatic heterocycles. The van der Waals surface area contributed by atoms with Crippen LogP contribution in [0.3, 0.4) is 0 Å². The zero-order valence-corrected chi connectivity index (χ0v) is 16.7. The summed E-state index contributed by atoms with van der Waals surface area (Å²) in [4.78, 5) is 22.4. The second-order valence-corrected chi connectivity index (χ2v) is 8.23. The average Bonchev–Trinajstić information content (AvgIpc) is 2.58. The van der Waals surface area contributed by atoms with E-state index in [-0.39, 0.29) is 12.3 Å². The summed E-state index contributed by atoms with van der Waals surface area (Å²) in [6.45, 7) is 4.13. The summed E-state index contributed by atoms with van der Waals surface area (Å²) >= 11 is 0. The lowest BCUT2D eigenvalue weighted by Gasteiger charge is -2.38. The van der Waals surface area contributed by atoms with E-state index in [4.69, 9.17) is 5.11 Å². The Hall–Kier alpha value is -1.32. The normalized spacial score (nSPS) is 25.3. The maximum atomic E-state index is 11.9. The predicted molar refractivity (Wildman–Crippen MR) is 105 cm³/mol. The molecular weight excluding hydrogens is 328 g/mol. The van der Waals surface area contributed by atoms with E-state index in [1.54, 1.807) is 0 Å². The molecular formula is C22H38O4. The fourth-order valence-corrected chi connectivity index (χ4v) is 4.13. The van der Waals surface area contributed by atoms with Gasteiger partial charge in [0.05, 0.1) is 5.41 Å². The summed E-state index contributed by atoms with van der Waals surface area (Å²) in [6.07, 6.45) is 17.2. The van der Waals surface area contributed by atoms with Crippen molar-refractivity contribution in [3.8, 4) is 0 Å². The topological polar surface area (TPSA) is 74.6 Å². The van der Waals surface area contributed by atoms with Crippen LogP contribution in [0, 0.1) is 17.3 Å². The maximum absolute atomic E-state index is 11.9. The van der Waals surface area contributed by atoms with Crippen molar-refractivity contribution in [1.29, 1.82) is 0 Å². The van der Waals surface area contributed by atoms with Crippen LogP contribution in [0.25, 0.3) is 0 Å². The summed E-state index contributed by atoms with van der Waals surface area (Å²) in [5.74, 6) is -0.821. The minimum Gasteiger partial charge on any atom is -0.481 e. The third-order valence-electron chi connectivity index (χ3n) is 5.94. The van der Waals surface area contributed by atoms with E-state index < -0.39 is 17.4 Å². The molecule has 0 radical (unpaired) electrons. The van der Waals surface area contributed by atoms with Crippen molar-refractivity contribution in [1.82, 2.24) is 0 Å². The van der Waals surface area contributed by atoms with E-state index in [0.29, 0.717) is 5.92 Å². The molecule has 0 aromatic carbocycles. The Morgan fingerprint density at radius 1 is 0.923 bits per heavy atom. The number of aliphatic carboxylic acids is 2. The van der Waals surface area contributed by atoms with Gasteiger partial charge in [0.1, 0.15) is 0 Å². The van der Waals surface area contributed by atoms with Crippen LogP contribution in [-0.4, -0.2) is 22.2 Å². The molecule has 4 nitrogen and oxygen atoms in total. The quantitative estimate of drug-likeness (QED) is 0.290. The van der Waals surface area contributed by atoms with Crippen molar-refractivity contribution in [3.63, 3.8) is 0 Å². The monoisotopic (exact) mass is 366 g/mol. The number of unbranched alkanes of at least 4 members (excludes halogenated alkanes) is 7. The van der Waals surface area contributed by atoms with Gasteiger partial charge in [-0.25, -0.2) is 0 Å². The zero-order chi connectivity index (χ0) is 19.4. The highest BCUT2D eigenvalue weighted by Gasteiger charge is 2.43. The van der Waals surface area contributed by atoms with Gasteiger partial charge in [0.15, 0.2) is 0 Å². The number of allylic oxidation sites excluding steroid dienone is 2. The lowest BCUT2D eigenvalue weighted by atomic mass is 9.65. The molecule has 2 N–H and O–H groups in total. The summed E-state index contributed by atoms with van der Waals surface area (Å²) in [7, 11) is 0. The van der Waals surface area contributed by atoms with Gasteiger partial charge < -0.3 is 10.2 Å². The predicted octanol–water partition coefficient (Wildman–Crippen LogP) is 6.06. The Labute approximate surface area is 159 Å². The first-order valence-electron chi connectivity index (χ1n) is 10.5. The minimum atomic E-state index is -0.713. The van der Waals surface area contributed by atoms with Crippen LogP contribution < -0.4 is 0 Å². The largest absolute Gasteiger partial charge is 0.481 e. The van der Waals surface area contributed by atoms with Crippen LogP contribution in [0.5, 0.6) is 0 Å². The van der Waals surface area contributed by atoms with Gasteiger partial charge in [-0.2, -0.15) is 0 Å². The molecule has 0 saturated heterocycles. The van der Waals surface area contributed by atoms with Gasteiger partial charge >= 0.3 is 11.9 Å². The van der Waals surface area contributed by atoms with Crippen molar-refractivity contribution in [2.75, 3.05) is 0 Å². The fraction of sp³-hybridized carbons (Fsp3) is 0.818. The van der Waals surface area contributed by atoms with Crippen LogP contribution in [0.1, 0.15) is 97.3 Å². The molecule has 150 valence electrons. The second kappa shape index (κ2) is 12.1. The standard InChI is InChI=1S/C22H38O4/c1-3-4-9-12-18-15-16-19(22(2,17-18)21(25)26)13-10-7-5-6-8-11-14-20(23)24/h15-16,18-19H,3-14,17H2,1-2H3,(H,23,24)(H,25,26). The van der Waals surface area contributed by atoms with Crippen LogP contribution in [-0.2, 0) is 9.59 Å². The molecule has 0 aromatic rings. The van der Waals surface area contributed by atoms with E-state index in [1.807, 2.05) is 6.92 Å². The van der Waals surface area contributed by atoms with Crippen LogP contribution in [0.15, 0.2) is 12.2 Å². The number of carboxylic acids is 2. The van der Waals surface area contributed by atoms with Crippen molar-refractivity contribution in [2.24, 2.45) is 17.3 Å². The molecule has 1 aliphatic carbocycles. The summed E-state index contributed by atoms with van der Waals surface area (Å²) in [5.41, 5.74) is -0.632. The molecule has 26 heavy (non-hydrogen) atoms. The van der Waals surface area contributed by atoms with E-state index in [2.05, 4.69) is 19.1 Å². The lowest BCUT2D eigenvalue weighted by Crippen LogP contribution is -2.39. The molecule has 3 unspecified atom stereocenters. The molecule has 0 saturated carbocycles. The highest BCUT2D eigenvalue weighted by molar-refractivity contribution is 5.75. The van der Waals surface area contributed by atoms with E-state index in [9.17, 15) is 14.7 Å². The lowest BCUT2D eigenvalue weighted by molar-refractivity contribution is -0.152. The summed E-state index contributed by atoms with van der Waals surface area (Å²) in [5, 5.41) is 18.4. The summed E-state index contributed by atoms with van der Waals surface area (Å²) < 4.78 is 0. The van der Waals surface area contributed by atoms with E-state index in [1.165, 1.54) is 19.3 Å². The van der Waals surface area contributed by atoms with Crippen LogP contribution in [0.4, 0.5) is 0 Å². The molecule has 0 aromatic heterocycles. The number of hydrogen-bond donors (Lipinski definition) is 2. The average molecular weight is 367 g/mol. The third-order valence-corrected chi connectivity index (χ3v) is 5.94. The molecule has 1 rings (SSSR count). The minimum absolute atomic E-state index is 0.134. The first kappa shape index (κ1) is 22.7. The zero-order valence-electron chi connectivity index (χ0n) is 16.7. The summed E-state index contributed by atoms with van der Waals surface area (Å²) in [6, 6.07) is 0. The van der Waals surface area contributed by atoms with Gasteiger partial charge in [-0.1, -0.05) is 70.4 Å². The third kappa shape index (κ3) is 7.92. The number of carboxylic acid groups (broad SMARTS) is 2. The van der Waals surface area contributed by atoms with Gasteiger partial charge in [-0.05, 0) is 44.4 Å². The molecule has 4 heteroatoms. The first-order valence-corrected chi connectivity index (χ1v) is 10.5. The first-order chi connectivity index (χ1) is 12.4. The number of carbonyl (C=O) groups is 2. The number of rotatable bonds is 14. The second-order valence-electron chi connectivity index (χ2n) is 8.23. The number of hydrogen-bond acceptors (Lipinski definition) is 2. The molecule has 0 bridgehead atoms.